The molecule has 1 fully saturated rings. The van der Waals surface area contributed by atoms with Crippen LogP contribution in [0.3, 0.4) is 0 Å². The van der Waals surface area contributed by atoms with Crippen LogP contribution in [0.15, 0.2) is 30.3 Å². The van der Waals surface area contributed by atoms with E-state index in [9.17, 15) is 14.7 Å². The number of benzene rings is 1. The van der Waals surface area contributed by atoms with E-state index in [0.29, 0.717) is 6.42 Å². The lowest BCUT2D eigenvalue weighted by Crippen LogP contribution is -2.41. The van der Waals surface area contributed by atoms with E-state index in [1.54, 1.807) is 0 Å². The number of hydrogen-bond donors (Lipinski definition) is 2. The standard InChI is InChI=1S/C15H19NO4/c1-10(17)7-8-13(18)16-12(14-15(19)20-14)9-11-5-3-2-4-6-11/h2-6,12,14-15,19H,7-9H2,1H3,(H,16,18)/t12-,14?,15?/m0/s1. The van der Waals surface area contributed by atoms with Gasteiger partial charge in [-0.15, -0.1) is 0 Å². The summed E-state index contributed by atoms with van der Waals surface area (Å²) < 4.78 is 5.05. The van der Waals surface area contributed by atoms with Crippen molar-refractivity contribution < 1.29 is 19.4 Å². The number of ketones is 1. The smallest absolute Gasteiger partial charge is 0.220 e. The van der Waals surface area contributed by atoms with Crippen molar-refractivity contribution in [3.8, 4) is 0 Å². The van der Waals surface area contributed by atoms with Crippen molar-refractivity contribution in [2.24, 2.45) is 0 Å². The maximum Gasteiger partial charge on any atom is 0.220 e. The van der Waals surface area contributed by atoms with Crippen molar-refractivity contribution in [1.82, 2.24) is 5.32 Å². The summed E-state index contributed by atoms with van der Waals surface area (Å²) >= 11 is 0. The van der Waals surface area contributed by atoms with Crippen molar-refractivity contribution >= 4 is 11.7 Å². The minimum Gasteiger partial charge on any atom is -0.366 e. The first-order valence-electron chi connectivity index (χ1n) is 6.72. The number of Topliss-reactive ketones (excluding diaryl/α,β-unsaturated/α-hetero) is 1. The molecule has 0 radical (unpaired) electrons. The van der Waals surface area contributed by atoms with E-state index in [2.05, 4.69) is 5.32 Å². The highest BCUT2D eigenvalue weighted by atomic mass is 16.7. The fourth-order valence-electron chi connectivity index (χ4n) is 2.10. The van der Waals surface area contributed by atoms with Gasteiger partial charge in [-0.25, -0.2) is 0 Å². The zero-order valence-corrected chi connectivity index (χ0v) is 11.4. The summed E-state index contributed by atoms with van der Waals surface area (Å²) in [5.74, 6) is -0.203. The Kier molecular flexibility index (Phi) is 4.87. The van der Waals surface area contributed by atoms with E-state index in [1.807, 2.05) is 30.3 Å². The number of amides is 1. The van der Waals surface area contributed by atoms with Crippen molar-refractivity contribution in [2.75, 3.05) is 0 Å². The second-order valence-corrected chi connectivity index (χ2v) is 5.06. The van der Waals surface area contributed by atoms with Crippen LogP contribution in [0.1, 0.15) is 25.3 Å². The number of aliphatic hydroxyl groups is 1. The van der Waals surface area contributed by atoms with Crippen molar-refractivity contribution in [2.45, 2.75) is 44.6 Å². The minimum atomic E-state index is -0.809. The van der Waals surface area contributed by atoms with Gasteiger partial charge >= 0.3 is 0 Å². The SMILES string of the molecule is CC(=O)CCC(=O)N[C@@H](Cc1ccccc1)C1OC1O. The van der Waals surface area contributed by atoms with Gasteiger partial charge in [-0.3, -0.25) is 4.79 Å². The Morgan fingerprint density at radius 2 is 1.95 bits per heavy atom. The second kappa shape index (κ2) is 6.63. The quantitative estimate of drug-likeness (QED) is 0.723. The van der Waals surface area contributed by atoms with E-state index in [-0.39, 0.29) is 36.7 Å². The summed E-state index contributed by atoms with van der Waals surface area (Å²) in [5, 5.41) is 12.2. The Hall–Kier alpha value is -1.72. The van der Waals surface area contributed by atoms with Gasteiger partial charge in [-0.2, -0.15) is 0 Å². The van der Waals surface area contributed by atoms with Gasteiger partial charge in [-0.05, 0) is 18.9 Å². The van der Waals surface area contributed by atoms with Crippen LogP contribution in [0.25, 0.3) is 0 Å². The third kappa shape index (κ3) is 4.43. The number of nitrogens with one attached hydrogen (secondary N) is 1. The average Bonchev–Trinajstić information content (AvgIpc) is 3.14. The summed E-state index contributed by atoms with van der Waals surface area (Å²) in [6, 6.07) is 9.42. The number of ether oxygens (including phenoxy) is 1. The van der Waals surface area contributed by atoms with Crippen LogP contribution >= 0.6 is 0 Å². The molecule has 2 rings (SSSR count). The molecule has 108 valence electrons. The highest BCUT2D eigenvalue weighted by molar-refractivity contribution is 5.83. The molecule has 5 nitrogen and oxygen atoms in total. The van der Waals surface area contributed by atoms with Crippen molar-refractivity contribution in [3.63, 3.8) is 0 Å². The molecular weight excluding hydrogens is 258 g/mol. The molecule has 1 saturated heterocycles. The Bertz CT molecular complexity index is 474. The van der Waals surface area contributed by atoms with Gasteiger partial charge in [0.2, 0.25) is 5.91 Å². The summed E-state index contributed by atoms with van der Waals surface area (Å²) in [7, 11) is 0. The first kappa shape index (κ1) is 14.7. The van der Waals surface area contributed by atoms with Gasteiger partial charge in [0.1, 0.15) is 11.9 Å². The third-order valence-electron chi connectivity index (χ3n) is 3.25. The van der Waals surface area contributed by atoms with Gasteiger partial charge in [0.25, 0.3) is 0 Å². The molecule has 2 N–H and O–H groups in total. The molecule has 5 heteroatoms. The number of hydrogen-bond acceptors (Lipinski definition) is 4. The van der Waals surface area contributed by atoms with Gasteiger partial charge in [0.05, 0.1) is 6.04 Å². The fraction of sp³-hybridized carbons (Fsp3) is 0.467. The summed E-state index contributed by atoms with van der Waals surface area (Å²) in [6.45, 7) is 1.46. The molecule has 20 heavy (non-hydrogen) atoms. The van der Waals surface area contributed by atoms with Crippen molar-refractivity contribution in [3.05, 3.63) is 35.9 Å². The van der Waals surface area contributed by atoms with Crippen LogP contribution in [0.4, 0.5) is 0 Å². The molecule has 1 amide bonds. The molecule has 1 heterocycles. The molecule has 0 saturated carbocycles. The van der Waals surface area contributed by atoms with E-state index in [0.717, 1.165) is 5.56 Å². The van der Waals surface area contributed by atoms with Crippen LogP contribution in [0.5, 0.6) is 0 Å². The molecule has 0 bridgehead atoms. The number of rotatable bonds is 7. The monoisotopic (exact) mass is 277 g/mol. The molecule has 1 aliphatic heterocycles. The Balaban J connectivity index is 1.91. The Morgan fingerprint density at radius 3 is 2.50 bits per heavy atom. The molecule has 3 atom stereocenters. The Labute approximate surface area is 117 Å². The number of carbonyl (C=O) groups is 2. The predicted molar refractivity (Wildman–Crippen MR) is 72.9 cm³/mol. The van der Waals surface area contributed by atoms with Gasteiger partial charge in [-0.1, -0.05) is 30.3 Å². The zero-order chi connectivity index (χ0) is 14.5. The lowest BCUT2D eigenvalue weighted by molar-refractivity contribution is -0.125. The largest absolute Gasteiger partial charge is 0.366 e. The lowest BCUT2D eigenvalue weighted by Gasteiger charge is -2.16. The van der Waals surface area contributed by atoms with Gasteiger partial charge in [0.15, 0.2) is 6.29 Å². The summed E-state index contributed by atoms with van der Waals surface area (Å²) in [6.07, 6.45) is -0.177. The predicted octanol–water partition coefficient (Wildman–Crippen LogP) is 0.800. The first-order valence-corrected chi connectivity index (χ1v) is 6.72. The highest BCUT2D eigenvalue weighted by Gasteiger charge is 2.44. The van der Waals surface area contributed by atoms with Crippen LogP contribution in [0.2, 0.25) is 0 Å². The molecule has 1 aromatic rings. The second-order valence-electron chi connectivity index (χ2n) is 5.06. The molecular formula is C15H19NO4. The van der Waals surface area contributed by atoms with Crippen molar-refractivity contribution in [1.29, 1.82) is 0 Å². The highest BCUT2D eigenvalue weighted by Crippen LogP contribution is 2.25. The van der Waals surface area contributed by atoms with E-state index in [1.165, 1.54) is 6.92 Å². The maximum atomic E-state index is 11.8. The fourth-order valence-corrected chi connectivity index (χ4v) is 2.10. The average molecular weight is 277 g/mol. The number of carbonyl (C=O) groups excluding carboxylic acids is 2. The van der Waals surface area contributed by atoms with E-state index < -0.39 is 6.29 Å². The van der Waals surface area contributed by atoms with Crippen LogP contribution in [-0.2, 0) is 20.7 Å². The molecule has 1 aliphatic rings. The summed E-state index contributed by atoms with van der Waals surface area (Å²) in [5.41, 5.74) is 1.06. The normalized spacial score (nSPS) is 22.1. The number of epoxide rings is 1. The Morgan fingerprint density at radius 1 is 1.30 bits per heavy atom. The molecule has 1 aromatic carbocycles. The minimum absolute atomic E-state index is 0.0116. The lowest BCUT2D eigenvalue weighted by atomic mass is 10.0. The molecule has 0 aromatic heterocycles. The molecule has 0 spiro atoms. The third-order valence-corrected chi connectivity index (χ3v) is 3.25. The van der Waals surface area contributed by atoms with Gasteiger partial charge in [0, 0.05) is 12.8 Å². The number of aliphatic hydroxyl groups excluding tert-OH is 1. The van der Waals surface area contributed by atoms with E-state index in [4.69, 9.17) is 4.74 Å². The molecule has 2 unspecified atom stereocenters. The van der Waals surface area contributed by atoms with E-state index >= 15 is 0 Å². The van der Waals surface area contributed by atoms with Crippen LogP contribution < -0.4 is 5.32 Å². The van der Waals surface area contributed by atoms with Gasteiger partial charge < -0.3 is 20.0 Å². The van der Waals surface area contributed by atoms with Crippen LogP contribution in [0, 0.1) is 0 Å². The maximum absolute atomic E-state index is 11.8. The summed E-state index contributed by atoms with van der Waals surface area (Å²) in [4.78, 5) is 22.7. The topological polar surface area (TPSA) is 78.9 Å². The molecule has 0 aliphatic carbocycles. The van der Waals surface area contributed by atoms with Crippen LogP contribution in [-0.4, -0.2) is 35.2 Å². The first-order chi connectivity index (χ1) is 9.56. The zero-order valence-electron chi connectivity index (χ0n) is 11.4.